The summed E-state index contributed by atoms with van der Waals surface area (Å²) >= 11 is 0. The molecule has 94 valence electrons. The van der Waals surface area contributed by atoms with E-state index in [1.54, 1.807) is 0 Å². The van der Waals surface area contributed by atoms with E-state index >= 15 is 0 Å². The Bertz CT molecular complexity index is 325. The lowest BCUT2D eigenvalue weighted by molar-refractivity contribution is 0.0343. The second-order valence-electron chi connectivity index (χ2n) is 4.59. The van der Waals surface area contributed by atoms with Crippen LogP contribution in [0.4, 0.5) is 0 Å². The molecule has 1 aliphatic rings. The first-order chi connectivity index (χ1) is 8.31. The number of likely N-dealkylation sites (N-methyl/N-ethyl adjacent to an activating group) is 1. The van der Waals surface area contributed by atoms with Crippen molar-refractivity contribution < 1.29 is 4.74 Å². The summed E-state index contributed by atoms with van der Waals surface area (Å²) in [6.07, 6.45) is 4.38. The molecular formula is C13H21N3O. The average Bonchev–Trinajstić information content (AvgIpc) is 2.85. The third-order valence-corrected chi connectivity index (χ3v) is 3.34. The molecule has 0 aromatic carbocycles. The molecule has 0 amide bonds. The fraction of sp³-hybridized carbons (Fsp3) is 0.615. The molecule has 0 aliphatic carbocycles. The highest BCUT2D eigenvalue weighted by Crippen LogP contribution is 2.19. The number of aromatic nitrogens is 1. The average molecular weight is 235 g/mol. The molecular weight excluding hydrogens is 214 g/mol. The van der Waals surface area contributed by atoms with Crippen LogP contribution < -0.4 is 5.73 Å². The summed E-state index contributed by atoms with van der Waals surface area (Å²) in [5.41, 5.74) is 6.94. The summed E-state index contributed by atoms with van der Waals surface area (Å²) in [7, 11) is 2.09. The predicted octanol–water partition coefficient (Wildman–Crippen LogP) is 1.02. The summed E-state index contributed by atoms with van der Waals surface area (Å²) < 4.78 is 5.72. The van der Waals surface area contributed by atoms with Crippen LogP contribution in [0.1, 0.15) is 18.5 Å². The molecule has 2 rings (SSSR count). The maximum atomic E-state index is 5.87. The van der Waals surface area contributed by atoms with Crippen molar-refractivity contribution in [3.8, 4) is 0 Å². The van der Waals surface area contributed by atoms with E-state index in [0.717, 1.165) is 31.7 Å². The number of rotatable bonds is 5. The molecule has 1 saturated heterocycles. The van der Waals surface area contributed by atoms with Gasteiger partial charge in [0.05, 0.1) is 11.8 Å². The van der Waals surface area contributed by atoms with Crippen molar-refractivity contribution in [2.75, 3.05) is 20.2 Å². The first-order valence-corrected chi connectivity index (χ1v) is 6.23. The van der Waals surface area contributed by atoms with E-state index in [1.807, 2.05) is 24.4 Å². The van der Waals surface area contributed by atoms with Crippen molar-refractivity contribution in [1.29, 1.82) is 0 Å². The summed E-state index contributed by atoms with van der Waals surface area (Å²) in [6, 6.07) is 6.28. The van der Waals surface area contributed by atoms with Gasteiger partial charge in [-0.25, -0.2) is 0 Å². The molecule has 4 heteroatoms. The number of hydrogen-bond donors (Lipinski definition) is 1. The topological polar surface area (TPSA) is 51.4 Å². The van der Waals surface area contributed by atoms with Crippen molar-refractivity contribution in [1.82, 2.24) is 9.88 Å². The number of pyridine rings is 1. The molecule has 1 aliphatic heterocycles. The zero-order valence-corrected chi connectivity index (χ0v) is 10.4. The smallest absolute Gasteiger partial charge is 0.0743 e. The second-order valence-corrected chi connectivity index (χ2v) is 4.59. The van der Waals surface area contributed by atoms with Gasteiger partial charge in [0.1, 0.15) is 0 Å². The largest absolute Gasteiger partial charge is 0.377 e. The Morgan fingerprint density at radius 2 is 2.47 bits per heavy atom. The molecule has 2 unspecified atom stereocenters. The van der Waals surface area contributed by atoms with Crippen LogP contribution in [0, 0.1) is 0 Å². The van der Waals surface area contributed by atoms with Crippen LogP contribution in [-0.4, -0.2) is 42.2 Å². The van der Waals surface area contributed by atoms with Crippen molar-refractivity contribution in [2.24, 2.45) is 5.73 Å². The van der Waals surface area contributed by atoms with Crippen LogP contribution in [-0.2, 0) is 11.3 Å². The molecule has 0 bridgehead atoms. The van der Waals surface area contributed by atoms with Gasteiger partial charge in [0.15, 0.2) is 0 Å². The summed E-state index contributed by atoms with van der Waals surface area (Å²) in [6.45, 7) is 2.33. The van der Waals surface area contributed by atoms with Crippen LogP contribution >= 0.6 is 0 Å². The Morgan fingerprint density at radius 3 is 3.06 bits per heavy atom. The standard InChI is InChI=1S/C13H21N3O/c1-16(10-11-5-2-3-7-15-11)12(9-14)13-6-4-8-17-13/h2-3,5,7,12-13H,4,6,8-10,14H2,1H3. The molecule has 2 heterocycles. The maximum Gasteiger partial charge on any atom is 0.0743 e. The number of nitrogens with zero attached hydrogens (tertiary/aromatic N) is 2. The minimum atomic E-state index is 0.286. The highest BCUT2D eigenvalue weighted by atomic mass is 16.5. The van der Waals surface area contributed by atoms with Crippen molar-refractivity contribution in [3.63, 3.8) is 0 Å². The number of ether oxygens (including phenoxy) is 1. The quantitative estimate of drug-likeness (QED) is 0.828. The zero-order valence-electron chi connectivity index (χ0n) is 10.4. The third-order valence-electron chi connectivity index (χ3n) is 3.34. The molecule has 0 radical (unpaired) electrons. The second kappa shape index (κ2) is 6.10. The highest BCUT2D eigenvalue weighted by Gasteiger charge is 2.27. The number of hydrogen-bond acceptors (Lipinski definition) is 4. The SMILES string of the molecule is CN(Cc1ccccn1)C(CN)C1CCCO1. The minimum Gasteiger partial charge on any atom is -0.377 e. The first-order valence-electron chi connectivity index (χ1n) is 6.23. The minimum absolute atomic E-state index is 0.286. The lowest BCUT2D eigenvalue weighted by Crippen LogP contribution is -2.45. The Balaban J connectivity index is 1.95. The van der Waals surface area contributed by atoms with Gasteiger partial charge in [0.2, 0.25) is 0 Å². The molecule has 2 N–H and O–H groups in total. The monoisotopic (exact) mass is 235 g/mol. The molecule has 0 saturated carbocycles. The number of nitrogens with two attached hydrogens (primary N) is 1. The maximum absolute atomic E-state index is 5.87. The molecule has 2 atom stereocenters. The molecule has 1 fully saturated rings. The van der Waals surface area contributed by atoms with Crippen LogP contribution in [0.2, 0.25) is 0 Å². The van der Waals surface area contributed by atoms with Crippen molar-refractivity contribution >= 4 is 0 Å². The van der Waals surface area contributed by atoms with E-state index in [-0.39, 0.29) is 6.10 Å². The summed E-state index contributed by atoms with van der Waals surface area (Å²) in [5.74, 6) is 0. The van der Waals surface area contributed by atoms with E-state index in [0.29, 0.717) is 12.6 Å². The summed E-state index contributed by atoms with van der Waals surface area (Å²) in [4.78, 5) is 6.59. The normalized spacial score (nSPS) is 21.9. The Kier molecular flexibility index (Phi) is 4.48. The van der Waals surface area contributed by atoms with Crippen LogP contribution in [0.3, 0.4) is 0 Å². The zero-order chi connectivity index (χ0) is 12.1. The van der Waals surface area contributed by atoms with E-state index in [9.17, 15) is 0 Å². The highest BCUT2D eigenvalue weighted by molar-refractivity contribution is 5.03. The van der Waals surface area contributed by atoms with Gasteiger partial charge in [-0.1, -0.05) is 6.07 Å². The van der Waals surface area contributed by atoms with Gasteiger partial charge in [0, 0.05) is 31.9 Å². The van der Waals surface area contributed by atoms with Gasteiger partial charge in [0.25, 0.3) is 0 Å². The lowest BCUT2D eigenvalue weighted by Gasteiger charge is -2.30. The Hall–Kier alpha value is -0.970. The molecule has 0 spiro atoms. The van der Waals surface area contributed by atoms with E-state index in [4.69, 9.17) is 10.5 Å². The Morgan fingerprint density at radius 1 is 1.59 bits per heavy atom. The lowest BCUT2D eigenvalue weighted by atomic mass is 10.1. The van der Waals surface area contributed by atoms with Gasteiger partial charge in [-0.15, -0.1) is 0 Å². The van der Waals surface area contributed by atoms with Gasteiger partial charge in [-0.2, -0.15) is 0 Å². The predicted molar refractivity (Wildman–Crippen MR) is 67.5 cm³/mol. The van der Waals surface area contributed by atoms with Crippen molar-refractivity contribution in [3.05, 3.63) is 30.1 Å². The molecule has 4 nitrogen and oxygen atoms in total. The first kappa shape index (κ1) is 12.5. The molecule has 17 heavy (non-hydrogen) atoms. The van der Waals surface area contributed by atoms with E-state index < -0.39 is 0 Å². The van der Waals surface area contributed by atoms with Gasteiger partial charge in [-0.3, -0.25) is 9.88 Å². The van der Waals surface area contributed by atoms with Crippen LogP contribution in [0.15, 0.2) is 24.4 Å². The van der Waals surface area contributed by atoms with Crippen LogP contribution in [0.5, 0.6) is 0 Å². The molecule has 1 aromatic heterocycles. The Labute approximate surface area is 103 Å². The van der Waals surface area contributed by atoms with Crippen molar-refractivity contribution in [2.45, 2.75) is 31.5 Å². The van der Waals surface area contributed by atoms with Crippen LogP contribution in [0.25, 0.3) is 0 Å². The van der Waals surface area contributed by atoms with Gasteiger partial charge < -0.3 is 10.5 Å². The molecule has 1 aromatic rings. The van der Waals surface area contributed by atoms with Gasteiger partial charge in [-0.05, 0) is 32.0 Å². The third kappa shape index (κ3) is 3.25. The fourth-order valence-electron chi connectivity index (χ4n) is 2.39. The summed E-state index contributed by atoms with van der Waals surface area (Å²) in [5, 5.41) is 0. The fourth-order valence-corrected chi connectivity index (χ4v) is 2.39. The van der Waals surface area contributed by atoms with E-state index in [2.05, 4.69) is 16.9 Å². The van der Waals surface area contributed by atoms with E-state index in [1.165, 1.54) is 0 Å². The van der Waals surface area contributed by atoms with Gasteiger partial charge >= 0.3 is 0 Å².